The fraction of sp³-hybridized carbons (Fsp3) is 0.143. The van der Waals surface area contributed by atoms with Crippen LogP contribution in [0.2, 0.25) is 0 Å². The summed E-state index contributed by atoms with van der Waals surface area (Å²) in [5.74, 6) is 0. The molecule has 0 saturated heterocycles. The number of rotatable bonds is 4. The normalized spacial score (nSPS) is 10.1. The van der Waals surface area contributed by atoms with Gasteiger partial charge in [-0.25, -0.2) is 0 Å². The van der Waals surface area contributed by atoms with Gasteiger partial charge in [0.1, 0.15) is 0 Å². The zero-order valence-electron chi connectivity index (χ0n) is 9.48. The minimum atomic E-state index is 0.874. The van der Waals surface area contributed by atoms with E-state index in [4.69, 9.17) is 0 Å². The van der Waals surface area contributed by atoms with Crippen LogP contribution in [0.25, 0.3) is 5.70 Å². The Hall–Kier alpha value is -1.96. The van der Waals surface area contributed by atoms with Gasteiger partial charge in [0.15, 0.2) is 0 Å². The van der Waals surface area contributed by atoms with Gasteiger partial charge in [-0.1, -0.05) is 36.9 Å². The molecule has 0 unspecified atom stereocenters. The molecule has 2 aromatic rings. The molecule has 2 heteroatoms. The Balaban J connectivity index is 2.04. The van der Waals surface area contributed by atoms with Crippen LogP contribution in [0.15, 0.2) is 55.2 Å². The lowest BCUT2D eigenvalue weighted by Crippen LogP contribution is -2.15. The van der Waals surface area contributed by atoms with Gasteiger partial charge in [0.25, 0.3) is 0 Å². The Labute approximate surface area is 96.2 Å². The summed E-state index contributed by atoms with van der Waals surface area (Å²) in [4.78, 5) is 5.30. The van der Waals surface area contributed by atoms with Gasteiger partial charge in [0.05, 0.1) is 11.4 Å². The van der Waals surface area contributed by atoms with Crippen molar-refractivity contribution >= 4 is 5.70 Å². The zero-order chi connectivity index (χ0) is 11.4. The Morgan fingerprint density at radius 1 is 1.19 bits per heavy atom. The lowest BCUT2D eigenvalue weighted by molar-refractivity contribution is 0.475. The summed E-state index contributed by atoms with van der Waals surface area (Å²) in [7, 11) is 2.05. The molecule has 0 saturated carbocycles. The third-order valence-corrected chi connectivity index (χ3v) is 2.63. The highest BCUT2D eigenvalue weighted by Gasteiger charge is 2.05. The summed E-state index contributed by atoms with van der Waals surface area (Å²) in [6.45, 7) is 4.96. The first kappa shape index (κ1) is 10.6. The van der Waals surface area contributed by atoms with Crippen molar-refractivity contribution in [3.8, 4) is 0 Å². The van der Waals surface area contributed by atoms with Gasteiger partial charge in [-0.05, 0) is 17.7 Å². The fourth-order valence-corrected chi connectivity index (χ4v) is 1.67. The predicted octanol–water partition coefficient (Wildman–Crippen LogP) is 3.12. The molecule has 0 spiro atoms. The minimum Gasteiger partial charge on any atom is -0.369 e. The number of aromatic nitrogens is 1. The second-order valence-electron chi connectivity index (χ2n) is 3.87. The zero-order valence-corrected chi connectivity index (χ0v) is 9.48. The summed E-state index contributed by atoms with van der Waals surface area (Å²) >= 11 is 0. The maximum atomic E-state index is 4.09. The largest absolute Gasteiger partial charge is 0.369 e. The Bertz CT molecular complexity index is 443. The maximum absolute atomic E-state index is 4.09. The first-order valence-electron chi connectivity index (χ1n) is 5.35. The van der Waals surface area contributed by atoms with Crippen LogP contribution in [0.1, 0.15) is 11.3 Å². The topological polar surface area (TPSA) is 19.0 Å². The molecule has 1 N–H and O–H groups in total. The lowest BCUT2D eigenvalue weighted by atomic mass is 10.2. The second-order valence-corrected chi connectivity index (χ2v) is 3.87. The molecule has 0 aliphatic heterocycles. The monoisotopic (exact) mass is 212 g/mol. The first-order valence-corrected chi connectivity index (χ1v) is 5.35. The highest BCUT2D eigenvalue weighted by Crippen LogP contribution is 2.15. The molecular formula is C14H16N2. The molecule has 0 fully saturated rings. The summed E-state index contributed by atoms with van der Waals surface area (Å²) in [5, 5.41) is 0. The number of aromatic amines is 1. The van der Waals surface area contributed by atoms with E-state index in [1.807, 2.05) is 24.4 Å². The van der Waals surface area contributed by atoms with Gasteiger partial charge in [0.2, 0.25) is 0 Å². The second kappa shape index (κ2) is 4.71. The van der Waals surface area contributed by atoms with E-state index in [-0.39, 0.29) is 0 Å². The summed E-state index contributed by atoms with van der Waals surface area (Å²) < 4.78 is 0. The fourth-order valence-electron chi connectivity index (χ4n) is 1.67. The summed E-state index contributed by atoms with van der Waals surface area (Å²) in [6.07, 6.45) is 1.91. The van der Waals surface area contributed by atoms with Crippen molar-refractivity contribution in [2.45, 2.75) is 6.54 Å². The third-order valence-electron chi connectivity index (χ3n) is 2.63. The van der Waals surface area contributed by atoms with Crippen LogP contribution in [0.5, 0.6) is 0 Å². The third kappa shape index (κ3) is 2.34. The average molecular weight is 212 g/mol. The van der Waals surface area contributed by atoms with Gasteiger partial charge in [-0.3, -0.25) is 0 Å². The number of hydrogen-bond acceptors (Lipinski definition) is 1. The lowest BCUT2D eigenvalue weighted by Gasteiger charge is -2.20. The van der Waals surface area contributed by atoms with Crippen LogP contribution in [-0.4, -0.2) is 16.9 Å². The highest BCUT2D eigenvalue weighted by atomic mass is 15.1. The molecule has 0 atom stereocenters. The number of nitrogens with one attached hydrogen (secondary N) is 1. The summed E-state index contributed by atoms with van der Waals surface area (Å²) in [6, 6.07) is 14.4. The molecule has 2 rings (SSSR count). The van der Waals surface area contributed by atoms with E-state index in [0.29, 0.717) is 0 Å². The smallest absolute Gasteiger partial charge is 0.0611 e. The number of H-pyrrole nitrogens is 1. The molecule has 1 heterocycles. The van der Waals surface area contributed by atoms with Crippen molar-refractivity contribution in [1.29, 1.82) is 0 Å². The molecule has 2 nitrogen and oxygen atoms in total. The van der Waals surface area contributed by atoms with Gasteiger partial charge in [-0.2, -0.15) is 0 Å². The SMILES string of the molecule is C=C(c1ccc[nH]1)N(C)Cc1ccccc1. The van der Waals surface area contributed by atoms with E-state index in [1.54, 1.807) is 0 Å². The molecule has 0 aliphatic carbocycles. The van der Waals surface area contributed by atoms with E-state index in [1.165, 1.54) is 5.56 Å². The van der Waals surface area contributed by atoms with Crippen molar-refractivity contribution in [3.63, 3.8) is 0 Å². The molecule has 0 amide bonds. The van der Waals surface area contributed by atoms with E-state index >= 15 is 0 Å². The molecule has 0 bridgehead atoms. The van der Waals surface area contributed by atoms with Crippen molar-refractivity contribution < 1.29 is 0 Å². The van der Waals surface area contributed by atoms with Gasteiger partial charge in [-0.15, -0.1) is 0 Å². The number of nitrogens with zero attached hydrogens (tertiary/aromatic N) is 1. The van der Waals surface area contributed by atoms with Crippen molar-refractivity contribution in [3.05, 3.63) is 66.5 Å². The van der Waals surface area contributed by atoms with Crippen molar-refractivity contribution in [2.75, 3.05) is 7.05 Å². The Kier molecular flexibility index (Phi) is 3.10. The van der Waals surface area contributed by atoms with Crippen LogP contribution in [0.3, 0.4) is 0 Å². The predicted molar refractivity (Wildman–Crippen MR) is 67.7 cm³/mol. The van der Waals surface area contributed by atoms with Crippen LogP contribution in [0.4, 0.5) is 0 Å². The first-order chi connectivity index (χ1) is 7.77. The Morgan fingerprint density at radius 3 is 2.56 bits per heavy atom. The molecule has 0 radical (unpaired) electrons. The molecule has 1 aromatic heterocycles. The molecule has 1 aromatic carbocycles. The molecule has 16 heavy (non-hydrogen) atoms. The van der Waals surface area contributed by atoms with Crippen molar-refractivity contribution in [2.24, 2.45) is 0 Å². The number of benzene rings is 1. The maximum Gasteiger partial charge on any atom is 0.0611 e. The van der Waals surface area contributed by atoms with Crippen LogP contribution in [0, 0.1) is 0 Å². The Morgan fingerprint density at radius 2 is 1.94 bits per heavy atom. The quantitative estimate of drug-likeness (QED) is 0.825. The van der Waals surface area contributed by atoms with Crippen molar-refractivity contribution in [1.82, 2.24) is 9.88 Å². The van der Waals surface area contributed by atoms with Gasteiger partial charge < -0.3 is 9.88 Å². The highest BCUT2D eigenvalue weighted by molar-refractivity contribution is 5.58. The minimum absolute atomic E-state index is 0.874. The van der Waals surface area contributed by atoms with E-state index in [9.17, 15) is 0 Å². The van der Waals surface area contributed by atoms with E-state index in [0.717, 1.165) is 17.9 Å². The standard InChI is InChI=1S/C14H16N2/c1-12(14-9-6-10-15-14)16(2)11-13-7-4-3-5-8-13/h3-10,15H,1,11H2,2H3. The van der Waals surface area contributed by atoms with Gasteiger partial charge >= 0.3 is 0 Å². The van der Waals surface area contributed by atoms with Crippen LogP contribution in [-0.2, 0) is 6.54 Å². The molecular weight excluding hydrogens is 196 g/mol. The van der Waals surface area contributed by atoms with E-state index in [2.05, 4.69) is 47.8 Å². The molecule has 0 aliphatic rings. The molecule has 82 valence electrons. The van der Waals surface area contributed by atoms with Gasteiger partial charge in [0, 0.05) is 19.8 Å². The number of hydrogen-bond donors (Lipinski definition) is 1. The van der Waals surface area contributed by atoms with Crippen LogP contribution >= 0.6 is 0 Å². The van der Waals surface area contributed by atoms with E-state index < -0.39 is 0 Å². The van der Waals surface area contributed by atoms with Crippen LogP contribution < -0.4 is 0 Å². The average Bonchev–Trinajstić information content (AvgIpc) is 2.83. The summed E-state index contributed by atoms with van der Waals surface area (Å²) in [5.41, 5.74) is 3.37.